The van der Waals surface area contributed by atoms with Crippen LogP contribution in [0.15, 0.2) is 48.5 Å². The zero-order valence-electron chi connectivity index (χ0n) is 13.1. The van der Waals surface area contributed by atoms with Crippen molar-refractivity contribution >= 4 is 0 Å². The summed E-state index contributed by atoms with van der Waals surface area (Å²) in [7, 11) is 0. The Bertz CT molecular complexity index is 711. The lowest BCUT2D eigenvalue weighted by Gasteiger charge is -2.06. The van der Waals surface area contributed by atoms with E-state index in [9.17, 15) is 10.2 Å². The molecule has 0 unspecified atom stereocenters. The third-order valence-electron chi connectivity index (χ3n) is 3.94. The standard InChI is InChI=1S/C19H20N2O2/c1-2-3-4-17-18(13-5-9-15(22)10-6-13)20-21-19(17)14-7-11-16(23)12-8-14/h5-12,22-23H,2-4H2,1H3,(H,20,21). The number of aromatic nitrogens is 2. The van der Waals surface area contributed by atoms with Crippen LogP contribution in [-0.4, -0.2) is 20.4 Å². The molecule has 0 radical (unpaired) electrons. The Balaban J connectivity index is 2.06. The number of nitrogens with one attached hydrogen (secondary N) is 1. The summed E-state index contributed by atoms with van der Waals surface area (Å²) >= 11 is 0. The van der Waals surface area contributed by atoms with Crippen LogP contribution in [0.25, 0.3) is 22.5 Å². The number of unbranched alkanes of at least 4 members (excludes halogenated alkanes) is 1. The molecular formula is C19H20N2O2. The predicted octanol–water partition coefficient (Wildman–Crippen LogP) is 4.50. The van der Waals surface area contributed by atoms with E-state index >= 15 is 0 Å². The third-order valence-corrected chi connectivity index (χ3v) is 3.94. The maximum Gasteiger partial charge on any atom is 0.115 e. The van der Waals surface area contributed by atoms with E-state index in [1.165, 1.54) is 5.56 Å². The van der Waals surface area contributed by atoms with Gasteiger partial charge in [-0.1, -0.05) is 13.3 Å². The Labute approximate surface area is 135 Å². The first kappa shape index (κ1) is 15.2. The molecule has 4 heteroatoms. The zero-order valence-corrected chi connectivity index (χ0v) is 13.1. The molecule has 2 aromatic carbocycles. The van der Waals surface area contributed by atoms with E-state index in [1.807, 2.05) is 24.3 Å². The summed E-state index contributed by atoms with van der Waals surface area (Å²) in [5, 5.41) is 26.6. The maximum atomic E-state index is 9.47. The van der Waals surface area contributed by atoms with Crippen LogP contribution in [0.2, 0.25) is 0 Å². The van der Waals surface area contributed by atoms with E-state index in [2.05, 4.69) is 17.1 Å². The number of H-pyrrole nitrogens is 1. The molecule has 0 aliphatic heterocycles. The molecule has 1 aromatic heterocycles. The molecule has 0 amide bonds. The highest BCUT2D eigenvalue weighted by molar-refractivity contribution is 5.74. The molecule has 0 aliphatic carbocycles. The number of benzene rings is 2. The quantitative estimate of drug-likeness (QED) is 0.650. The number of phenols is 2. The molecule has 0 atom stereocenters. The number of phenolic OH excluding ortho intramolecular Hbond substituents is 2. The number of rotatable bonds is 5. The van der Waals surface area contributed by atoms with Crippen molar-refractivity contribution in [1.82, 2.24) is 10.2 Å². The van der Waals surface area contributed by atoms with Crippen molar-refractivity contribution in [2.75, 3.05) is 0 Å². The van der Waals surface area contributed by atoms with E-state index in [0.29, 0.717) is 0 Å². The van der Waals surface area contributed by atoms with Gasteiger partial charge in [-0.2, -0.15) is 5.10 Å². The van der Waals surface area contributed by atoms with Gasteiger partial charge < -0.3 is 10.2 Å². The normalized spacial score (nSPS) is 10.8. The average molecular weight is 308 g/mol. The van der Waals surface area contributed by atoms with Crippen LogP contribution >= 0.6 is 0 Å². The van der Waals surface area contributed by atoms with Gasteiger partial charge in [-0.05, 0) is 61.4 Å². The predicted molar refractivity (Wildman–Crippen MR) is 91.4 cm³/mol. The second-order valence-electron chi connectivity index (χ2n) is 5.62. The molecule has 118 valence electrons. The molecule has 3 rings (SSSR count). The first-order chi connectivity index (χ1) is 11.2. The maximum absolute atomic E-state index is 9.47. The molecule has 23 heavy (non-hydrogen) atoms. The summed E-state index contributed by atoms with van der Waals surface area (Å²) in [5.74, 6) is 0.500. The first-order valence-electron chi connectivity index (χ1n) is 7.85. The number of aromatic hydroxyl groups is 2. The summed E-state index contributed by atoms with van der Waals surface area (Å²) in [6.07, 6.45) is 3.12. The molecule has 0 saturated heterocycles. The number of hydrogen-bond donors (Lipinski definition) is 3. The van der Waals surface area contributed by atoms with E-state index in [0.717, 1.165) is 41.8 Å². The van der Waals surface area contributed by atoms with Crippen molar-refractivity contribution in [3.63, 3.8) is 0 Å². The van der Waals surface area contributed by atoms with Crippen molar-refractivity contribution in [2.24, 2.45) is 0 Å². The van der Waals surface area contributed by atoms with Gasteiger partial charge in [-0.3, -0.25) is 5.10 Å². The second-order valence-corrected chi connectivity index (χ2v) is 5.62. The molecule has 0 bridgehead atoms. The molecule has 3 N–H and O–H groups in total. The fourth-order valence-electron chi connectivity index (χ4n) is 2.69. The van der Waals surface area contributed by atoms with E-state index < -0.39 is 0 Å². The molecule has 1 heterocycles. The Morgan fingerprint density at radius 2 is 1.43 bits per heavy atom. The van der Waals surface area contributed by atoms with Gasteiger partial charge in [0, 0.05) is 16.7 Å². The summed E-state index contributed by atoms with van der Waals surface area (Å²) in [5.41, 5.74) is 5.06. The largest absolute Gasteiger partial charge is 0.508 e. The van der Waals surface area contributed by atoms with Crippen LogP contribution in [-0.2, 0) is 6.42 Å². The summed E-state index contributed by atoms with van der Waals surface area (Å²) in [4.78, 5) is 0. The van der Waals surface area contributed by atoms with Crippen LogP contribution in [0.4, 0.5) is 0 Å². The van der Waals surface area contributed by atoms with Crippen molar-refractivity contribution < 1.29 is 10.2 Å². The summed E-state index contributed by atoms with van der Waals surface area (Å²) in [6.45, 7) is 2.17. The van der Waals surface area contributed by atoms with E-state index in [4.69, 9.17) is 0 Å². The van der Waals surface area contributed by atoms with Gasteiger partial charge in [0.2, 0.25) is 0 Å². The van der Waals surface area contributed by atoms with Crippen molar-refractivity contribution in [3.05, 3.63) is 54.1 Å². The lowest BCUT2D eigenvalue weighted by molar-refractivity contribution is 0.475. The highest BCUT2D eigenvalue weighted by Gasteiger charge is 2.16. The smallest absolute Gasteiger partial charge is 0.115 e. The van der Waals surface area contributed by atoms with Crippen LogP contribution in [0.5, 0.6) is 11.5 Å². The van der Waals surface area contributed by atoms with Gasteiger partial charge in [0.1, 0.15) is 11.5 Å². The number of nitrogens with zero attached hydrogens (tertiary/aromatic N) is 1. The van der Waals surface area contributed by atoms with Crippen molar-refractivity contribution in [2.45, 2.75) is 26.2 Å². The van der Waals surface area contributed by atoms with Gasteiger partial charge in [0.15, 0.2) is 0 Å². The van der Waals surface area contributed by atoms with Gasteiger partial charge >= 0.3 is 0 Å². The van der Waals surface area contributed by atoms with Gasteiger partial charge in [0.25, 0.3) is 0 Å². The molecule has 0 fully saturated rings. The monoisotopic (exact) mass is 308 g/mol. The Morgan fingerprint density at radius 1 is 0.870 bits per heavy atom. The fraction of sp³-hybridized carbons (Fsp3) is 0.211. The fourth-order valence-corrected chi connectivity index (χ4v) is 2.69. The summed E-state index contributed by atoms with van der Waals surface area (Å²) < 4.78 is 0. The van der Waals surface area contributed by atoms with Crippen molar-refractivity contribution in [3.8, 4) is 34.0 Å². The van der Waals surface area contributed by atoms with Crippen LogP contribution in [0, 0.1) is 0 Å². The Hall–Kier alpha value is -2.75. The molecule has 0 spiro atoms. The minimum atomic E-state index is 0.248. The highest BCUT2D eigenvalue weighted by Crippen LogP contribution is 2.32. The lowest BCUT2D eigenvalue weighted by Crippen LogP contribution is -1.90. The molecular weight excluding hydrogens is 288 g/mol. The minimum Gasteiger partial charge on any atom is -0.508 e. The lowest BCUT2D eigenvalue weighted by atomic mass is 9.98. The summed E-state index contributed by atoms with van der Waals surface area (Å²) in [6, 6.07) is 14.2. The van der Waals surface area contributed by atoms with Gasteiger partial charge in [-0.15, -0.1) is 0 Å². The SMILES string of the molecule is CCCCc1c(-c2ccc(O)cc2)n[nH]c1-c1ccc(O)cc1. The first-order valence-corrected chi connectivity index (χ1v) is 7.85. The van der Waals surface area contributed by atoms with Crippen LogP contribution in [0.3, 0.4) is 0 Å². The topological polar surface area (TPSA) is 69.1 Å². The minimum absolute atomic E-state index is 0.248. The Morgan fingerprint density at radius 3 is 2.00 bits per heavy atom. The Kier molecular flexibility index (Phi) is 4.33. The molecule has 0 aliphatic rings. The van der Waals surface area contributed by atoms with Crippen LogP contribution in [0.1, 0.15) is 25.3 Å². The van der Waals surface area contributed by atoms with Crippen LogP contribution < -0.4 is 0 Å². The van der Waals surface area contributed by atoms with E-state index in [-0.39, 0.29) is 11.5 Å². The third kappa shape index (κ3) is 3.21. The molecule has 0 saturated carbocycles. The number of aromatic amines is 1. The van der Waals surface area contributed by atoms with Gasteiger partial charge in [0.05, 0.1) is 11.4 Å². The highest BCUT2D eigenvalue weighted by atomic mass is 16.3. The number of hydrogen-bond acceptors (Lipinski definition) is 3. The van der Waals surface area contributed by atoms with E-state index in [1.54, 1.807) is 24.3 Å². The zero-order chi connectivity index (χ0) is 16.2. The average Bonchev–Trinajstić information content (AvgIpc) is 2.98. The second kappa shape index (κ2) is 6.57. The molecule has 4 nitrogen and oxygen atoms in total. The van der Waals surface area contributed by atoms with Crippen molar-refractivity contribution in [1.29, 1.82) is 0 Å². The molecule has 3 aromatic rings. The van der Waals surface area contributed by atoms with Gasteiger partial charge in [-0.25, -0.2) is 0 Å².